The number of carboxylic acid groups (broad SMARTS) is 1. The molecule has 0 aliphatic heterocycles. The number of hydrogen-bond donors (Lipinski definition) is 4. The van der Waals surface area contributed by atoms with Crippen LogP contribution < -0.4 is 5.73 Å². The van der Waals surface area contributed by atoms with Crippen molar-refractivity contribution in [1.82, 2.24) is 4.90 Å². The molecule has 0 unspecified atom stereocenters. The lowest BCUT2D eigenvalue weighted by Crippen LogP contribution is -2.50. The second-order valence-electron chi connectivity index (χ2n) is 6.48. The topological polar surface area (TPSA) is 107 Å². The van der Waals surface area contributed by atoms with Crippen molar-refractivity contribution in [3.63, 3.8) is 0 Å². The molecule has 0 saturated heterocycles. The van der Waals surface area contributed by atoms with Gasteiger partial charge >= 0.3 is 13.1 Å². The highest BCUT2D eigenvalue weighted by Crippen LogP contribution is 2.18. The molecule has 7 heteroatoms. The minimum absolute atomic E-state index is 0.243. The fourth-order valence-electron chi connectivity index (χ4n) is 2.57. The lowest BCUT2D eigenvalue weighted by Gasteiger charge is -2.27. The number of unbranched alkanes of at least 4 members (excludes halogenated alkanes) is 1. The van der Waals surface area contributed by atoms with Crippen LogP contribution in [0.25, 0.3) is 0 Å². The second-order valence-corrected chi connectivity index (χ2v) is 6.48. The van der Waals surface area contributed by atoms with E-state index in [1.165, 1.54) is 5.56 Å². The van der Waals surface area contributed by atoms with Crippen LogP contribution in [0.5, 0.6) is 0 Å². The molecule has 0 aliphatic rings. The van der Waals surface area contributed by atoms with Crippen molar-refractivity contribution in [3.05, 3.63) is 35.9 Å². The van der Waals surface area contributed by atoms with E-state index in [2.05, 4.69) is 17.0 Å². The van der Waals surface area contributed by atoms with Gasteiger partial charge in [-0.15, -0.1) is 0 Å². The van der Waals surface area contributed by atoms with E-state index in [0.29, 0.717) is 32.2 Å². The van der Waals surface area contributed by atoms with Gasteiger partial charge in [0.05, 0.1) is 0 Å². The summed E-state index contributed by atoms with van der Waals surface area (Å²) in [5.41, 5.74) is 6.05. The molecule has 0 saturated carbocycles. The molecule has 0 aliphatic carbocycles. The quantitative estimate of drug-likeness (QED) is 0.335. The summed E-state index contributed by atoms with van der Waals surface area (Å²) in [5.74, 6) is -0.997. The van der Waals surface area contributed by atoms with Crippen molar-refractivity contribution >= 4 is 13.1 Å². The fraction of sp³-hybridized carbons (Fsp3) is 0.588. The number of benzene rings is 1. The van der Waals surface area contributed by atoms with Gasteiger partial charge in [0.1, 0.15) is 5.54 Å². The molecular formula is C17H29BN2O4. The third-order valence-electron chi connectivity index (χ3n) is 4.33. The van der Waals surface area contributed by atoms with Crippen LogP contribution in [-0.2, 0) is 11.2 Å². The van der Waals surface area contributed by atoms with Crippen LogP contribution in [0.1, 0.15) is 31.2 Å². The maximum atomic E-state index is 11.5. The van der Waals surface area contributed by atoms with Gasteiger partial charge in [0.25, 0.3) is 0 Å². The molecule has 5 N–H and O–H groups in total. The van der Waals surface area contributed by atoms with Crippen LogP contribution in [0.2, 0.25) is 6.32 Å². The highest BCUT2D eigenvalue weighted by Gasteiger charge is 2.33. The number of hydrogen-bond acceptors (Lipinski definition) is 5. The third-order valence-corrected chi connectivity index (χ3v) is 4.33. The molecule has 0 bridgehead atoms. The van der Waals surface area contributed by atoms with Gasteiger partial charge in [-0.3, -0.25) is 4.79 Å². The highest BCUT2D eigenvalue weighted by molar-refractivity contribution is 6.40. The standard InChI is InChI=1S/C17H29BN2O4/c1-20(13-9-15-7-3-2-4-8-15)14-11-17(19,16(21)22)10-5-6-12-18(23)24/h2-4,7-8,23-24H,5-6,9-14,19H2,1H3,(H,21,22)/t17-/m1/s1. The lowest BCUT2D eigenvalue weighted by molar-refractivity contribution is -0.144. The zero-order valence-corrected chi connectivity index (χ0v) is 14.4. The summed E-state index contributed by atoms with van der Waals surface area (Å²) in [6.45, 7) is 1.45. The number of likely N-dealkylation sites (N-methyl/N-ethyl adjacent to an activating group) is 1. The molecule has 0 spiro atoms. The molecule has 1 atom stereocenters. The van der Waals surface area contributed by atoms with Crippen molar-refractivity contribution < 1.29 is 19.9 Å². The Kier molecular flexibility index (Phi) is 8.99. The zero-order chi connectivity index (χ0) is 18.0. The van der Waals surface area contributed by atoms with Crippen LogP contribution >= 0.6 is 0 Å². The largest absolute Gasteiger partial charge is 0.480 e. The van der Waals surface area contributed by atoms with Crippen LogP contribution in [0.3, 0.4) is 0 Å². The molecular weight excluding hydrogens is 307 g/mol. The first-order valence-corrected chi connectivity index (χ1v) is 8.44. The maximum absolute atomic E-state index is 11.5. The predicted octanol–water partition coefficient (Wildman–Crippen LogP) is 0.976. The van der Waals surface area contributed by atoms with E-state index < -0.39 is 18.6 Å². The monoisotopic (exact) mass is 336 g/mol. The first kappa shape index (κ1) is 20.6. The van der Waals surface area contributed by atoms with Gasteiger partial charge in [-0.25, -0.2) is 0 Å². The van der Waals surface area contributed by atoms with E-state index in [-0.39, 0.29) is 6.32 Å². The summed E-state index contributed by atoms with van der Waals surface area (Å²) in [4.78, 5) is 13.6. The summed E-state index contributed by atoms with van der Waals surface area (Å²) in [6.07, 6.45) is 2.97. The van der Waals surface area contributed by atoms with Crippen LogP contribution in [0, 0.1) is 0 Å². The lowest BCUT2D eigenvalue weighted by atomic mass is 9.81. The average Bonchev–Trinajstić information content (AvgIpc) is 2.55. The number of nitrogens with two attached hydrogens (primary N) is 1. The minimum Gasteiger partial charge on any atom is -0.480 e. The molecule has 6 nitrogen and oxygen atoms in total. The van der Waals surface area contributed by atoms with Gasteiger partial charge in [-0.1, -0.05) is 43.2 Å². The molecule has 0 amide bonds. The van der Waals surface area contributed by atoms with E-state index in [4.69, 9.17) is 15.8 Å². The van der Waals surface area contributed by atoms with Crippen molar-refractivity contribution in [2.75, 3.05) is 20.1 Å². The van der Waals surface area contributed by atoms with Crippen molar-refractivity contribution in [2.24, 2.45) is 5.73 Å². The Morgan fingerprint density at radius 2 is 1.83 bits per heavy atom. The Hall–Kier alpha value is -1.41. The summed E-state index contributed by atoms with van der Waals surface area (Å²) < 4.78 is 0. The normalized spacial score (nSPS) is 13.7. The van der Waals surface area contributed by atoms with Crippen LogP contribution in [0.15, 0.2) is 30.3 Å². The summed E-state index contributed by atoms with van der Waals surface area (Å²) >= 11 is 0. The summed E-state index contributed by atoms with van der Waals surface area (Å²) in [6, 6.07) is 10.2. The Morgan fingerprint density at radius 3 is 2.42 bits per heavy atom. The molecule has 1 aromatic rings. The number of rotatable bonds is 12. The fourth-order valence-corrected chi connectivity index (χ4v) is 2.57. The minimum atomic E-state index is -1.34. The summed E-state index contributed by atoms with van der Waals surface area (Å²) in [7, 11) is 0.624. The average molecular weight is 336 g/mol. The van der Waals surface area contributed by atoms with E-state index in [1.807, 2.05) is 25.2 Å². The predicted molar refractivity (Wildman–Crippen MR) is 95.7 cm³/mol. The Balaban J connectivity index is 2.37. The SMILES string of the molecule is CN(CCc1ccccc1)CC[C@](N)(CCCCB(O)O)C(=O)O. The highest BCUT2D eigenvalue weighted by atomic mass is 16.4. The first-order chi connectivity index (χ1) is 11.3. The van der Waals surface area contributed by atoms with E-state index in [9.17, 15) is 9.90 Å². The third kappa shape index (κ3) is 7.92. The Bertz CT molecular complexity index is 487. The van der Waals surface area contributed by atoms with Crippen molar-refractivity contribution in [2.45, 2.75) is 44.0 Å². The van der Waals surface area contributed by atoms with Crippen LogP contribution in [0.4, 0.5) is 0 Å². The van der Waals surface area contributed by atoms with E-state index in [1.54, 1.807) is 0 Å². The molecule has 1 rings (SSSR count). The molecule has 0 heterocycles. The van der Waals surface area contributed by atoms with E-state index in [0.717, 1.165) is 13.0 Å². The number of carboxylic acids is 1. The molecule has 0 fully saturated rings. The Labute approximate surface area is 144 Å². The molecule has 134 valence electrons. The van der Waals surface area contributed by atoms with Gasteiger partial charge in [-0.05, 0) is 38.2 Å². The number of aliphatic carboxylic acids is 1. The molecule has 0 aromatic heterocycles. The molecule has 24 heavy (non-hydrogen) atoms. The smallest absolute Gasteiger partial charge is 0.451 e. The maximum Gasteiger partial charge on any atom is 0.451 e. The zero-order valence-electron chi connectivity index (χ0n) is 14.4. The Morgan fingerprint density at radius 1 is 1.17 bits per heavy atom. The van der Waals surface area contributed by atoms with Gasteiger partial charge in [0.15, 0.2) is 0 Å². The van der Waals surface area contributed by atoms with Crippen molar-refractivity contribution in [3.8, 4) is 0 Å². The van der Waals surface area contributed by atoms with E-state index >= 15 is 0 Å². The van der Waals surface area contributed by atoms with Gasteiger partial charge < -0.3 is 25.8 Å². The van der Waals surface area contributed by atoms with Crippen LogP contribution in [-0.4, -0.2) is 58.8 Å². The molecule has 0 radical (unpaired) electrons. The second kappa shape index (κ2) is 10.5. The van der Waals surface area contributed by atoms with Gasteiger partial charge in [0.2, 0.25) is 0 Å². The number of nitrogens with zero attached hydrogens (tertiary/aromatic N) is 1. The summed E-state index contributed by atoms with van der Waals surface area (Å²) in [5, 5.41) is 27.1. The molecule has 1 aromatic carbocycles. The van der Waals surface area contributed by atoms with Gasteiger partial charge in [0, 0.05) is 13.1 Å². The first-order valence-electron chi connectivity index (χ1n) is 8.44. The number of carbonyl (C=O) groups is 1. The van der Waals surface area contributed by atoms with Gasteiger partial charge in [-0.2, -0.15) is 0 Å². The van der Waals surface area contributed by atoms with Crippen molar-refractivity contribution in [1.29, 1.82) is 0 Å².